The van der Waals surface area contributed by atoms with Gasteiger partial charge in [0, 0.05) is 5.92 Å². The molecule has 0 spiro atoms. The highest BCUT2D eigenvalue weighted by Crippen LogP contribution is 2.22. The molecule has 2 aromatic carbocycles. The molecular weight excluding hydrogens is 264 g/mol. The average Bonchev–Trinajstić information content (AvgIpc) is 2.61. The van der Waals surface area contributed by atoms with Gasteiger partial charge in [0.2, 0.25) is 0 Å². The molecule has 0 amide bonds. The lowest BCUT2D eigenvalue weighted by Gasteiger charge is -2.11. The fraction of sp³-hybridized carbons (Fsp3) is 0.182. The standard InChI is InChI=1S/C14H14.C8H12/c1-12(13-8-4-2-5-9-13)14-10-6-3-7-11-14;1-4-6-7-8(3)5-2/h2-12H,1H3;4-5,7H,1-2,6H2,3H3/b;8-7+. The van der Waals surface area contributed by atoms with E-state index in [1.807, 2.05) is 19.1 Å². The first kappa shape index (κ1) is 17.7. The fourth-order valence-corrected chi connectivity index (χ4v) is 2.03. The monoisotopic (exact) mass is 290 g/mol. The van der Waals surface area contributed by atoms with Crippen molar-refractivity contribution in [3.8, 4) is 0 Å². The van der Waals surface area contributed by atoms with Crippen LogP contribution in [0.1, 0.15) is 37.3 Å². The highest BCUT2D eigenvalue weighted by molar-refractivity contribution is 5.31. The van der Waals surface area contributed by atoms with E-state index in [2.05, 4.69) is 86.8 Å². The lowest BCUT2D eigenvalue weighted by molar-refractivity contribution is 0.922. The van der Waals surface area contributed by atoms with Crippen molar-refractivity contribution in [1.82, 2.24) is 0 Å². The maximum absolute atomic E-state index is 3.61. The minimum absolute atomic E-state index is 0.484. The van der Waals surface area contributed by atoms with Crippen LogP contribution in [0.15, 0.2) is 97.6 Å². The van der Waals surface area contributed by atoms with Gasteiger partial charge in [0.25, 0.3) is 0 Å². The SMILES string of the molecule is C=CC/C=C(\C)C=C.CC(c1ccccc1)c1ccccc1. The van der Waals surface area contributed by atoms with Crippen molar-refractivity contribution in [3.05, 3.63) is 109 Å². The highest BCUT2D eigenvalue weighted by Gasteiger charge is 2.05. The molecule has 22 heavy (non-hydrogen) atoms. The molecule has 0 nitrogen and oxygen atoms in total. The molecule has 0 aliphatic heterocycles. The summed E-state index contributed by atoms with van der Waals surface area (Å²) in [5, 5.41) is 0. The molecule has 0 atom stereocenters. The zero-order chi connectivity index (χ0) is 16.2. The van der Waals surface area contributed by atoms with Gasteiger partial charge in [-0.15, -0.1) is 6.58 Å². The second-order valence-electron chi connectivity index (χ2n) is 5.22. The molecule has 2 rings (SSSR count). The Morgan fingerprint density at radius 3 is 1.73 bits per heavy atom. The van der Waals surface area contributed by atoms with Crippen molar-refractivity contribution < 1.29 is 0 Å². The van der Waals surface area contributed by atoms with Crippen LogP contribution in [-0.2, 0) is 0 Å². The molecule has 0 unspecified atom stereocenters. The van der Waals surface area contributed by atoms with Gasteiger partial charge in [0.1, 0.15) is 0 Å². The zero-order valence-corrected chi connectivity index (χ0v) is 13.7. The number of allylic oxidation sites excluding steroid dienone is 4. The molecule has 0 radical (unpaired) electrons. The Morgan fingerprint density at radius 2 is 1.36 bits per heavy atom. The van der Waals surface area contributed by atoms with Crippen LogP contribution in [0, 0.1) is 0 Å². The summed E-state index contributed by atoms with van der Waals surface area (Å²) < 4.78 is 0. The summed E-state index contributed by atoms with van der Waals surface area (Å²) in [5.74, 6) is 0.484. The fourth-order valence-electron chi connectivity index (χ4n) is 2.03. The van der Waals surface area contributed by atoms with Crippen LogP contribution < -0.4 is 0 Å². The van der Waals surface area contributed by atoms with Crippen LogP contribution in [-0.4, -0.2) is 0 Å². The maximum Gasteiger partial charge on any atom is 0.00610 e. The normalized spacial score (nSPS) is 10.6. The smallest absolute Gasteiger partial charge is 0.00610 e. The molecule has 0 saturated heterocycles. The van der Waals surface area contributed by atoms with Crippen molar-refractivity contribution >= 4 is 0 Å². The Kier molecular flexibility index (Phi) is 8.37. The predicted molar refractivity (Wildman–Crippen MR) is 99.2 cm³/mol. The van der Waals surface area contributed by atoms with E-state index in [9.17, 15) is 0 Å². The van der Waals surface area contributed by atoms with Crippen LogP contribution in [0.3, 0.4) is 0 Å². The summed E-state index contributed by atoms with van der Waals surface area (Å²) in [4.78, 5) is 0. The number of hydrogen-bond donors (Lipinski definition) is 0. The van der Waals surface area contributed by atoms with Crippen molar-refractivity contribution in [2.24, 2.45) is 0 Å². The molecule has 0 aliphatic rings. The van der Waals surface area contributed by atoms with E-state index in [0.29, 0.717) is 5.92 Å². The van der Waals surface area contributed by atoms with Gasteiger partial charge in [-0.1, -0.05) is 98.0 Å². The Labute approximate surface area is 135 Å². The summed E-state index contributed by atoms with van der Waals surface area (Å²) in [6, 6.07) is 21.2. The van der Waals surface area contributed by atoms with Gasteiger partial charge >= 0.3 is 0 Å². The van der Waals surface area contributed by atoms with Gasteiger partial charge in [0.15, 0.2) is 0 Å². The molecule has 0 fully saturated rings. The Bertz CT molecular complexity index is 536. The molecule has 0 heterocycles. The topological polar surface area (TPSA) is 0 Å². The van der Waals surface area contributed by atoms with E-state index in [-0.39, 0.29) is 0 Å². The summed E-state index contributed by atoms with van der Waals surface area (Å²) in [5.41, 5.74) is 3.96. The molecule has 0 bridgehead atoms. The van der Waals surface area contributed by atoms with Crippen molar-refractivity contribution in [2.75, 3.05) is 0 Å². The summed E-state index contributed by atoms with van der Waals surface area (Å²) in [6.07, 6.45) is 6.73. The number of benzene rings is 2. The molecule has 2 aromatic rings. The van der Waals surface area contributed by atoms with Crippen molar-refractivity contribution in [2.45, 2.75) is 26.2 Å². The van der Waals surface area contributed by atoms with E-state index in [0.717, 1.165) is 6.42 Å². The van der Waals surface area contributed by atoms with E-state index in [1.165, 1.54) is 16.7 Å². The third-order valence-electron chi connectivity index (χ3n) is 3.53. The van der Waals surface area contributed by atoms with E-state index < -0.39 is 0 Å². The average molecular weight is 290 g/mol. The molecular formula is C22H26. The lowest BCUT2D eigenvalue weighted by Crippen LogP contribution is -1.94. The first-order valence-corrected chi connectivity index (χ1v) is 7.69. The van der Waals surface area contributed by atoms with Gasteiger partial charge < -0.3 is 0 Å². The van der Waals surface area contributed by atoms with Crippen LogP contribution in [0.2, 0.25) is 0 Å². The third kappa shape index (κ3) is 6.41. The molecule has 0 aliphatic carbocycles. The maximum atomic E-state index is 3.61. The van der Waals surface area contributed by atoms with Crippen LogP contribution in [0.4, 0.5) is 0 Å². The summed E-state index contributed by atoms with van der Waals surface area (Å²) in [6.45, 7) is 11.5. The van der Waals surface area contributed by atoms with E-state index in [4.69, 9.17) is 0 Å². The van der Waals surface area contributed by atoms with Crippen LogP contribution >= 0.6 is 0 Å². The Hall–Kier alpha value is -2.34. The van der Waals surface area contributed by atoms with E-state index >= 15 is 0 Å². The summed E-state index contributed by atoms with van der Waals surface area (Å²) >= 11 is 0. The second-order valence-corrected chi connectivity index (χ2v) is 5.22. The highest BCUT2D eigenvalue weighted by atomic mass is 14.1. The lowest BCUT2D eigenvalue weighted by atomic mass is 9.93. The quantitative estimate of drug-likeness (QED) is 0.433. The van der Waals surface area contributed by atoms with Gasteiger partial charge in [-0.05, 0) is 24.5 Å². The van der Waals surface area contributed by atoms with Crippen LogP contribution in [0.5, 0.6) is 0 Å². The van der Waals surface area contributed by atoms with Crippen LogP contribution in [0.25, 0.3) is 0 Å². The van der Waals surface area contributed by atoms with Crippen molar-refractivity contribution in [1.29, 1.82) is 0 Å². The summed E-state index contributed by atoms with van der Waals surface area (Å²) in [7, 11) is 0. The molecule has 0 saturated carbocycles. The minimum atomic E-state index is 0.484. The van der Waals surface area contributed by atoms with Crippen molar-refractivity contribution in [3.63, 3.8) is 0 Å². The predicted octanol–water partition coefficient (Wildman–Crippen LogP) is 6.53. The molecule has 0 N–H and O–H groups in total. The number of rotatable bonds is 5. The zero-order valence-electron chi connectivity index (χ0n) is 13.7. The Morgan fingerprint density at radius 1 is 0.909 bits per heavy atom. The molecule has 0 aromatic heterocycles. The van der Waals surface area contributed by atoms with Gasteiger partial charge in [-0.2, -0.15) is 0 Å². The minimum Gasteiger partial charge on any atom is -0.103 e. The first-order chi connectivity index (χ1) is 10.7. The number of hydrogen-bond acceptors (Lipinski definition) is 0. The van der Waals surface area contributed by atoms with Gasteiger partial charge in [-0.3, -0.25) is 0 Å². The molecule has 0 heteroatoms. The molecule has 114 valence electrons. The third-order valence-corrected chi connectivity index (χ3v) is 3.53. The first-order valence-electron chi connectivity index (χ1n) is 7.69. The van der Waals surface area contributed by atoms with E-state index in [1.54, 1.807) is 0 Å². The van der Waals surface area contributed by atoms with Gasteiger partial charge in [-0.25, -0.2) is 0 Å². The Balaban J connectivity index is 0.000000261. The second kappa shape index (κ2) is 10.4. The van der Waals surface area contributed by atoms with Gasteiger partial charge in [0.05, 0.1) is 0 Å². The largest absolute Gasteiger partial charge is 0.103 e.